The third-order valence-electron chi connectivity index (χ3n) is 5.15. The van der Waals surface area contributed by atoms with E-state index in [1.807, 2.05) is 18.2 Å². The van der Waals surface area contributed by atoms with E-state index >= 15 is 0 Å². The Bertz CT molecular complexity index is 816. The van der Waals surface area contributed by atoms with Gasteiger partial charge in [0.15, 0.2) is 11.5 Å². The number of allylic oxidation sites excluding steroid dienone is 1. The van der Waals surface area contributed by atoms with Gasteiger partial charge < -0.3 is 19.7 Å². The van der Waals surface area contributed by atoms with Crippen LogP contribution in [-0.4, -0.2) is 27.3 Å². The van der Waals surface area contributed by atoms with Crippen molar-refractivity contribution in [2.45, 2.75) is 32.4 Å². The first-order chi connectivity index (χ1) is 13.7. The SMILES string of the molecule is C=CCc1cc(CNCc2c(F)cccc2N2CCCC2)cc(OC)c1OC. The summed E-state index contributed by atoms with van der Waals surface area (Å²) >= 11 is 0. The van der Waals surface area contributed by atoms with E-state index in [0.29, 0.717) is 25.3 Å². The molecule has 0 radical (unpaired) electrons. The Morgan fingerprint density at radius 3 is 2.61 bits per heavy atom. The standard InChI is InChI=1S/C23H29FN2O2/c1-4-8-18-13-17(14-22(27-2)23(18)28-3)15-25-16-19-20(24)9-7-10-21(19)26-11-5-6-12-26/h4,7,9-10,13-14,25H,1,5-6,8,11-12,15-16H2,2-3H3. The van der Waals surface area contributed by atoms with Gasteiger partial charge in [0.25, 0.3) is 0 Å². The van der Waals surface area contributed by atoms with Crippen LogP contribution in [0.5, 0.6) is 11.5 Å². The molecule has 1 N–H and O–H groups in total. The Morgan fingerprint density at radius 1 is 1.14 bits per heavy atom. The number of methoxy groups -OCH3 is 2. The van der Waals surface area contributed by atoms with Crippen molar-refractivity contribution in [3.8, 4) is 11.5 Å². The topological polar surface area (TPSA) is 33.7 Å². The summed E-state index contributed by atoms with van der Waals surface area (Å²) in [5, 5.41) is 3.39. The van der Waals surface area contributed by atoms with Gasteiger partial charge in [-0.15, -0.1) is 6.58 Å². The van der Waals surface area contributed by atoms with Crippen molar-refractivity contribution in [2.75, 3.05) is 32.2 Å². The Kier molecular flexibility index (Phi) is 6.93. The number of hydrogen-bond donors (Lipinski definition) is 1. The number of rotatable bonds is 9. The van der Waals surface area contributed by atoms with Gasteiger partial charge in [0.05, 0.1) is 14.2 Å². The monoisotopic (exact) mass is 384 g/mol. The molecule has 0 spiro atoms. The Labute approximate surface area is 167 Å². The van der Waals surface area contributed by atoms with Gasteiger partial charge in [0.2, 0.25) is 0 Å². The highest BCUT2D eigenvalue weighted by molar-refractivity contribution is 5.55. The zero-order valence-corrected chi connectivity index (χ0v) is 16.8. The molecule has 0 unspecified atom stereocenters. The number of ether oxygens (including phenoxy) is 2. The minimum Gasteiger partial charge on any atom is -0.493 e. The first-order valence-electron chi connectivity index (χ1n) is 9.75. The fraction of sp³-hybridized carbons (Fsp3) is 0.391. The second-order valence-electron chi connectivity index (χ2n) is 7.02. The third kappa shape index (κ3) is 4.47. The molecular weight excluding hydrogens is 355 g/mol. The van der Waals surface area contributed by atoms with Gasteiger partial charge in [0, 0.05) is 43.0 Å². The number of nitrogens with one attached hydrogen (secondary N) is 1. The molecule has 2 aromatic rings. The van der Waals surface area contributed by atoms with Crippen LogP contribution >= 0.6 is 0 Å². The average Bonchev–Trinajstić information content (AvgIpc) is 3.23. The summed E-state index contributed by atoms with van der Waals surface area (Å²) in [5.74, 6) is 1.27. The minimum atomic E-state index is -0.156. The molecular formula is C23H29FN2O2. The summed E-state index contributed by atoms with van der Waals surface area (Å²) in [6.07, 6.45) is 4.87. The van der Waals surface area contributed by atoms with E-state index in [4.69, 9.17) is 9.47 Å². The van der Waals surface area contributed by atoms with Gasteiger partial charge in [-0.3, -0.25) is 0 Å². The van der Waals surface area contributed by atoms with Gasteiger partial charge in [0.1, 0.15) is 5.82 Å². The normalized spacial score (nSPS) is 13.6. The first kappa shape index (κ1) is 20.2. The van der Waals surface area contributed by atoms with Crippen LogP contribution in [0, 0.1) is 5.82 Å². The van der Waals surface area contributed by atoms with Gasteiger partial charge in [-0.1, -0.05) is 18.2 Å². The van der Waals surface area contributed by atoms with Crippen molar-refractivity contribution in [3.05, 3.63) is 65.5 Å². The zero-order chi connectivity index (χ0) is 19.9. The van der Waals surface area contributed by atoms with E-state index in [9.17, 15) is 4.39 Å². The van der Waals surface area contributed by atoms with E-state index in [0.717, 1.165) is 41.2 Å². The van der Waals surface area contributed by atoms with Crippen LogP contribution in [0.25, 0.3) is 0 Å². The number of halogens is 1. The number of benzene rings is 2. The zero-order valence-electron chi connectivity index (χ0n) is 16.8. The van der Waals surface area contributed by atoms with Gasteiger partial charge in [-0.05, 0) is 43.0 Å². The van der Waals surface area contributed by atoms with Crippen molar-refractivity contribution in [1.29, 1.82) is 0 Å². The lowest BCUT2D eigenvalue weighted by Gasteiger charge is -2.22. The van der Waals surface area contributed by atoms with Crippen LogP contribution in [0.1, 0.15) is 29.5 Å². The molecule has 1 aliphatic heterocycles. The van der Waals surface area contributed by atoms with Crippen molar-refractivity contribution >= 4 is 5.69 Å². The molecule has 5 heteroatoms. The van der Waals surface area contributed by atoms with E-state index in [-0.39, 0.29) is 5.82 Å². The molecule has 2 aromatic carbocycles. The summed E-state index contributed by atoms with van der Waals surface area (Å²) in [6, 6.07) is 9.39. The summed E-state index contributed by atoms with van der Waals surface area (Å²) in [5.41, 5.74) is 3.83. The summed E-state index contributed by atoms with van der Waals surface area (Å²) in [4.78, 5) is 2.28. The molecule has 28 heavy (non-hydrogen) atoms. The highest BCUT2D eigenvalue weighted by atomic mass is 19.1. The van der Waals surface area contributed by atoms with Crippen LogP contribution in [-0.2, 0) is 19.5 Å². The second kappa shape index (κ2) is 9.60. The molecule has 1 heterocycles. The lowest BCUT2D eigenvalue weighted by atomic mass is 10.1. The van der Waals surface area contributed by atoms with Crippen LogP contribution in [0.15, 0.2) is 43.0 Å². The largest absolute Gasteiger partial charge is 0.493 e. The highest BCUT2D eigenvalue weighted by Crippen LogP contribution is 2.33. The molecule has 3 rings (SSSR count). The van der Waals surface area contributed by atoms with Crippen LogP contribution in [0.2, 0.25) is 0 Å². The average molecular weight is 384 g/mol. The van der Waals surface area contributed by atoms with Crippen molar-refractivity contribution in [3.63, 3.8) is 0 Å². The quantitative estimate of drug-likeness (QED) is 0.647. The van der Waals surface area contributed by atoms with Crippen LogP contribution < -0.4 is 19.7 Å². The predicted octanol–water partition coefficient (Wildman–Crippen LogP) is 4.46. The summed E-state index contributed by atoms with van der Waals surface area (Å²) in [6.45, 7) is 6.90. The molecule has 4 nitrogen and oxygen atoms in total. The first-order valence-corrected chi connectivity index (χ1v) is 9.75. The lowest BCUT2D eigenvalue weighted by Crippen LogP contribution is -2.22. The Balaban J connectivity index is 1.75. The highest BCUT2D eigenvalue weighted by Gasteiger charge is 2.18. The van der Waals surface area contributed by atoms with Crippen LogP contribution in [0.3, 0.4) is 0 Å². The number of nitrogens with zero attached hydrogens (tertiary/aromatic N) is 1. The summed E-state index contributed by atoms with van der Waals surface area (Å²) in [7, 11) is 3.27. The predicted molar refractivity (Wildman–Crippen MR) is 112 cm³/mol. The van der Waals surface area contributed by atoms with E-state index < -0.39 is 0 Å². The molecule has 150 valence electrons. The molecule has 1 aliphatic rings. The van der Waals surface area contributed by atoms with Gasteiger partial charge >= 0.3 is 0 Å². The Hall–Kier alpha value is -2.53. The molecule has 1 saturated heterocycles. The molecule has 1 fully saturated rings. The number of anilines is 1. The molecule has 0 aromatic heterocycles. The molecule has 0 aliphatic carbocycles. The van der Waals surface area contributed by atoms with E-state index in [1.54, 1.807) is 20.3 Å². The second-order valence-corrected chi connectivity index (χ2v) is 7.02. The van der Waals surface area contributed by atoms with Crippen molar-refractivity contribution in [1.82, 2.24) is 5.32 Å². The van der Waals surface area contributed by atoms with Crippen LogP contribution in [0.4, 0.5) is 10.1 Å². The van der Waals surface area contributed by atoms with Gasteiger partial charge in [-0.25, -0.2) is 4.39 Å². The maximum absolute atomic E-state index is 14.5. The fourth-order valence-electron chi connectivity index (χ4n) is 3.82. The number of hydrogen-bond acceptors (Lipinski definition) is 4. The maximum Gasteiger partial charge on any atom is 0.164 e. The van der Waals surface area contributed by atoms with Crippen molar-refractivity contribution in [2.24, 2.45) is 0 Å². The smallest absolute Gasteiger partial charge is 0.164 e. The Morgan fingerprint density at radius 2 is 1.93 bits per heavy atom. The molecule has 0 bridgehead atoms. The van der Waals surface area contributed by atoms with Gasteiger partial charge in [-0.2, -0.15) is 0 Å². The molecule has 0 amide bonds. The maximum atomic E-state index is 14.5. The van der Waals surface area contributed by atoms with E-state index in [2.05, 4.69) is 22.9 Å². The molecule has 0 atom stereocenters. The minimum absolute atomic E-state index is 0.156. The fourth-order valence-corrected chi connectivity index (χ4v) is 3.82. The third-order valence-corrected chi connectivity index (χ3v) is 5.15. The molecule has 0 saturated carbocycles. The van der Waals surface area contributed by atoms with E-state index in [1.165, 1.54) is 18.9 Å². The summed E-state index contributed by atoms with van der Waals surface area (Å²) < 4.78 is 25.5. The lowest BCUT2D eigenvalue weighted by molar-refractivity contribution is 0.351. The van der Waals surface area contributed by atoms with Crippen molar-refractivity contribution < 1.29 is 13.9 Å².